The van der Waals surface area contributed by atoms with Crippen molar-refractivity contribution in [2.75, 3.05) is 18.9 Å². The first-order chi connectivity index (χ1) is 14.0. The highest BCUT2D eigenvalue weighted by atomic mass is 19.1. The molecule has 4 aromatic rings. The van der Waals surface area contributed by atoms with E-state index in [9.17, 15) is 14.0 Å². The Labute approximate surface area is 164 Å². The molecule has 3 heterocycles. The third-order valence-corrected chi connectivity index (χ3v) is 5.71. The molecule has 29 heavy (non-hydrogen) atoms. The Morgan fingerprint density at radius 1 is 1.17 bits per heavy atom. The Morgan fingerprint density at radius 3 is 2.83 bits per heavy atom. The Balaban J connectivity index is 1.65. The Kier molecular flexibility index (Phi) is 4.01. The number of fused-ring (bicyclic) bond motifs is 6. The number of pyridine rings is 1. The minimum absolute atomic E-state index is 0.199. The summed E-state index contributed by atoms with van der Waals surface area (Å²) in [5.74, 6) is 6.84. The summed E-state index contributed by atoms with van der Waals surface area (Å²) in [5.41, 5.74) is 1.01. The van der Waals surface area contributed by atoms with E-state index in [-0.39, 0.29) is 11.5 Å². The van der Waals surface area contributed by atoms with Gasteiger partial charge < -0.3 is 15.7 Å². The summed E-state index contributed by atoms with van der Waals surface area (Å²) in [6.07, 6.45) is 4.44. The number of carbonyl (C=O) groups is 1. The van der Waals surface area contributed by atoms with Crippen LogP contribution in [0.3, 0.4) is 0 Å². The number of aromatic amines is 1. The number of rotatable bonds is 4. The van der Waals surface area contributed by atoms with Crippen LogP contribution in [0, 0.1) is 5.82 Å². The number of halogens is 1. The maximum Gasteiger partial charge on any atom is 0.256 e. The second-order valence-corrected chi connectivity index (χ2v) is 7.47. The van der Waals surface area contributed by atoms with Crippen molar-refractivity contribution in [1.29, 1.82) is 0 Å². The number of nitrogens with one attached hydrogen (secondary N) is 1. The third kappa shape index (κ3) is 2.74. The number of likely N-dealkylation sites (tertiary alicyclic amines) is 1. The summed E-state index contributed by atoms with van der Waals surface area (Å²) in [6.45, 7) is 1.48. The molecule has 0 radical (unpaired) electrons. The van der Waals surface area contributed by atoms with Crippen LogP contribution in [0.2, 0.25) is 0 Å². The lowest BCUT2D eigenvalue weighted by atomic mass is 10.0. The van der Waals surface area contributed by atoms with Gasteiger partial charge in [-0.3, -0.25) is 9.59 Å². The summed E-state index contributed by atoms with van der Waals surface area (Å²) in [6, 6.07) is 6.12. The summed E-state index contributed by atoms with van der Waals surface area (Å²) in [7, 11) is 0. The molecule has 1 amide bonds. The molecule has 8 heteroatoms. The van der Waals surface area contributed by atoms with Crippen LogP contribution < -0.4 is 11.4 Å². The van der Waals surface area contributed by atoms with Crippen molar-refractivity contribution in [2.24, 2.45) is 0 Å². The summed E-state index contributed by atoms with van der Waals surface area (Å²) in [5, 5.41) is 2.24. The number of aromatic nitrogens is 3. The van der Waals surface area contributed by atoms with Gasteiger partial charge in [0.1, 0.15) is 11.6 Å². The van der Waals surface area contributed by atoms with Crippen molar-refractivity contribution in [3.8, 4) is 0 Å². The van der Waals surface area contributed by atoms with Crippen molar-refractivity contribution in [3.63, 3.8) is 0 Å². The molecule has 0 saturated carbocycles. The molecule has 148 valence electrons. The first-order valence-corrected chi connectivity index (χ1v) is 9.71. The van der Waals surface area contributed by atoms with Crippen molar-refractivity contribution in [2.45, 2.75) is 25.7 Å². The standard InChI is InChI=1S/C21H20FN5O2/c22-12-5-6-13-15(11-12)18-14(7-8-24-21(18)29)19-20(13)27(23)16(25-19)3-1-9-26-10-2-4-17(26)28/h5-8,11H,1-4,9-10,23H2,(H,24,29). The first-order valence-electron chi connectivity index (χ1n) is 9.71. The number of imidazole rings is 1. The van der Waals surface area contributed by atoms with E-state index in [2.05, 4.69) is 4.98 Å². The molecule has 2 aromatic carbocycles. The van der Waals surface area contributed by atoms with Gasteiger partial charge in [0, 0.05) is 48.3 Å². The molecule has 1 fully saturated rings. The van der Waals surface area contributed by atoms with Crippen LogP contribution in [0.25, 0.3) is 32.6 Å². The summed E-state index contributed by atoms with van der Waals surface area (Å²) >= 11 is 0. The first kappa shape index (κ1) is 17.7. The van der Waals surface area contributed by atoms with E-state index >= 15 is 0 Å². The zero-order valence-electron chi connectivity index (χ0n) is 15.7. The van der Waals surface area contributed by atoms with E-state index in [1.54, 1.807) is 18.3 Å². The fourth-order valence-corrected chi connectivity index (χ4v) is 4.34. The fraction of sp³-hybridized carbons (Fsp3) is 0.286. The molecule has 7 nitrogen and oxygen atoms in total. The van der Waals surface area contributed by atoms with Gasteiger partial charge in [-0.1, -0.05) is 0 Å². The molecule has 1 saturated heterocycles. The SMILES string of the molecule is Nn1c(CCCN2CCCC2=O)nc2c3cc[nH]c(=O)c3c3cc(F)ccc3c21. The molecule has 1 aliphatic rings. The highest BCUT2D eigenvalue weighted by molar-refractivity contribution is 6.23. The van der Waals surface area contributed by atoms with E-state index in [1.807, 2.05) is 4.90 Å². The number of aryl methyl sites for hydroxylation is 1. The normalized spacial score (nSPS) is 14.7. The van der Waals surface area contributed by atoms with Crippen LogP contribution in [-0.2, 0) is 11.2 Å². The molecular formula is C21H20FN5O2. The number of amides is 1. The van der Waals surface area contributed by atoms with E-state index in [1.165, 1.54) is 16.8 Å². The highest BCUT2D eigenvalue weighted by Gasteiger charge is 2.21. The number of carbonyl (C=O) groups excluding carboxylic acids is 1. The zero-order chi connectivity index (χ0) is 20.1. The lowest BCUT2D eigenvalue weighted by Crippen LogP contribution is -2.26. The lowest BCUT2D eigenvalue weighted by molar-refractivity contribution is -0.127. The maximum absolute atomic E-state index is 14.0. The quantitative estimate of drug-likeness (QED) is 0.411. The minimum Gasteiger partial charge on any atom is -0.343 e. The Bertz CT molecular complexity index is 1340. The topological polar surface area (TPSA) is 97.0 Å². The minimum atomic E-state index is -0.417. The number of hydrogen-bond acceptors (Lipinski definition) is 4. The van der Waals surface area contributed by atoms with Crippen molar-refractivity contribution in [3.05, 3.63) is 52.5 Å². The molecule has 0 spiro atoms. The largest absolute Gasteiger partial charge is 0.343 e. The van der Waals surface area contributed by atoms with Gasteiger partial charge in [0.25, 0.3) is 5.56 Å². The number of hydrogen-bond donors (Lipinski definition) is 2. The van der Waals surface area contributed by atoms with Crippen molar-refractivity contribution in [1.82, 2.24) is 19.5 Å². The molecule has 5 rings (SSSR count). The molecule has 0 bridgehead atoms. The van der Waals surface area contributed by atoms with Gasteiger partial charge >= 0.3 is 0 Å². The maximum atomic E-state index is 14.0. The number of nitrogens with two attached hydrogens (primary N) is 1. The second kappa shape index (κ2) is 6.58. The number of nitrogens with zero attached hydrogens (tertiary/aromatic N) is 3. The monoisotopic (exact) mass is 393 g/mol. The molecule has 0 atom stereocenters. The summed E-state index contributed by atoms with van der Waals surface area (Å²) < 4.78 is 15.5. The summed E-state index contributed by atoms with van der Waals surface area (Å²) in [4.78, 5) is 33.6. The van der Waals surface area contributed by atoms with Gasteiger partial charge in [-0.15, -0.1) is 0 Å². The molecule has 2 aromatic heterocycles. The van der Waals surface area contributed by atoms with E-state index < -0.39 is 5.82 Å². The molecular weight excluding hydrogens is 373 g/mol. The van der Waals surface area contributed by atoms with Crippen molar-refractivity contribution < 1.29 is 9.18 Å². The smallest absolute Gasteiger partial charge is 0.256 e. The van der Waals surface area contributed by atoms with Gasteiger partial charge in [-0.05, 0) is 37.1 Å². The molecule has 0 aliphatic carbocycles. The lowest BCUT2D eigenvalue weighted by Gasteiger charge is -2.14. The average molecular weight is 393 g/mol. The predicted molar refractivity (Wildman–Crippen MR) is 110 cm³/mol. The molecule has 0 unspecified atom stereocenters. The average Bonchev–Trinajstić information content (AvgIpc) is 3.26. The Hall–Kier alpha value is -3.42. The van der Waals surface area contributed by atoms with Gasteiger partial charge in [0.15, 0.2) is 0 Å². The van der Waals surface area contributed by atoms with E-state index in [0.29, 0.717) is 57.8 Å². The fourth-order valence-electron chi connectivity index (χ4n) is 4.34. The number of H-pyrrole nitrogens is 1. The van der Waals surface area contributed by atoms with Crippen LogP contribution >= 0.6 is 0 Å². The van der Waals surface area contributed by atoms with Gasteiger partial charge in [0.05, 0.1) is 16.4 Å². The van der Waals surface area contributed by atoms with E-state index in [0.717, 1.165) is 19.4 Å². The highest BCUT2D eigenvalue weighted by Crippen LogP contribution is 2.33. The number of benzene rings is 2. The molecule has 1 aliphatic heterocycles. The predicted octanol–water partition coefficient (Wildman–Crippen LogP) is 2.44. The van der Waals surface area contributed by atoms with Crippen LogP contribution in [0.4, 0.5) is 4.39 Å². The molecule has 3 N–H and O–H groups in total. The van der Waals surface area contributed by atoms with Crippen LogP contribution in [-0.4, -0.2) is 38.5 Å². The van der Waals surface area contributed by atoms with Gasteiger partial charge in [0.2, 0.25) is 5.91 Å². The van der Waals surface area contributed by atoms with Crippen LogP contribution in [0.15, 0.2) is 35.3 Å². The Morgan fingerprint density at radius 2 is 2.03 bits per heavy atom. The van der Waals surface area contributed by atoms with Gasteiger partial charge in [-0.25, -0.2) is 14.1 Å². The zero-order valence-corrected chi connectivity index (χ0v) is 15.7. The van der Waals surface area contributed by atoms with Crippen LogP contribution in [0.1, 0.15) is 25.1 Å². The van der Waals surface area contributed by atoms with Crippen molar-refractivity contribution >= 4 is 38.5 Å². The van der Waals surface area contributed by atoms with E-state index in [4.69, 9.17) is 10.8 Å². The van der Waals surface area contributed by atoms with Crippen LogP contribution in [0.5, 0.6) is 0 Å². The number of nitrogen functional groups attached to an aromatic ring is 1. The third-order valence-electron chi connectivity index (χ3n) is 5.71. The second-order valence-electron chi connectivity index (χ2n) is 7.47. The van der Waals surface area contributed by atoms with Gasteiger partial charge in [-0.2, -0.15) is 0 Å².